The summed E-state index contributed by atoms with van der Waals surface area (Å²) in [5.41, 5.74) is 0.656. The maximum atomic E-state index is 10.8. The highest BCUT2D eigenvalue weighted by atomic mass is 35.5. The Morgan fingerprint density at radius 1 is 1.35 bits per heavy atom. The summed E-state index contributed by atoms with van der Waals surface area (Å²) in [4.78, 5) is 10.8. The van der Waals surface area contributed by atoms with Crippen LogP contribution in [-0.2, 0) is 4.79 Å². The molecule has 0 heterocycles. The van der Waals surface area contributed by atoms with E-state index in [9.17, 15) is 9.90 Å². The Balaban J connectivity index is 2.86. The van der Waals surface area contributed by atoms with Crippen molar-refractivity contribution in [3.05, 3.63) is 35.9 Å². The van der Waals surface area contributed by atoms with E-state index in [1.54, 1.807) is 24.3 Å². The minimum Gasteiger partial charge on any atom is -0.370 e. The van der Waals surface area contributed by atoms with Gasteiger partial charge in [-0.3, -0.25) is 4.79 Å². The Kier molecular flexibility index (Phi) is 5.07. The molecule has 0 aliphatic carbocycles. The average molecular weight is 297 g/mol. The number of aliphatic hydroxyl groups is 1. The lowest BCUT2D eigenvalue weighted by Gasteiger charge is -2.30. The van der Waals surface area contributed by atoms with Gasteiger partial charge in [-0.1, -0.05) is 53.5 Å². The van der Waals surface area contributed by atoms with Crippen LogP contribution in [0.25, 0.3) is 0 Å². The molecule has 0 spiro atoms. The van der Waals surface area contributed by atoms with Gasteiger partial charge in [-0.2, -0.15) is 0 Å². The number of hydrogen-bond donors (Lipinski definition) is 2. The number of rotatable bonds is 4. The minimum atomic E-state index is -1.71. The SMILES string of the molecule is CC(=O)N[C@H](O)C(Cl)(Cl)[C@@H](Cl)c1ccccc1. The van der Waals surface area contributed by atoms with E-state index < -0.39 is 21.8 Å². The molecule has 6 heteroatoms. The van der Waals surface area contributed by atoms with Crippen LogP contribution in [0.3, 0.4) is 0 Å². The maximum absolute atomic E-state index is 10.8. The Bertz CT molecular complexity index is 384. The van der Waals surface area contributed by atoms with Gasteiger partial charge in [0, 0.05) is 6.92 Å². The zero-order valence-corrected chi connectivity index (χ0v) is 11.3. The molecule has 0 fully saturated rings. The van der Waals surface area contributed by atoms with Crippen molar-refractivity contribution < 1.29 is 9.90 Å². The second-order valence-electron chi connectivity index (χ2n) is 3.55. The van der Waals surface area contributed by atoms with Crippen molar-refractivity contribution in [2.24, 2.45) is 0 Å². The van der Waals surface area contributed by atoms with Gasteiger partial charge in [0.15, 0.2) is 10.6 Å². The molecule has 0 bridgehead atoms. The Morgan fingerprint density at radius 2 is 1.88 bits per heavy atom. The molecule has 0 saturated heterocycles. The summed E-state index contributed by atoms with van der Waals surface area (Å²) in [5, 5.41) is 11.0. The van der Waals surface area contributed by atoms with E-state index in [4.69, 9.17) is 34.8 Å². The summed E-state index contributed by atoms with van der Waals surface area (Å²) in [6, 6.07) is 8.84. The number of carbonyl (C=O) groups excluding carboxylic acids is 1. The van der Waals surface area contributed by atoms with Crippen molar-refractivity contribution in [1.82, 2.24) is 5.32 Å². The number of amides is 1. The molecule has 0 aliphatic heterocycles. The van der Waals surface area contributed by atoms with E-state index in [0.717, 1.165) is 0 Å². The van der Waals surface area contributed by atoms with Crippen molar-refractivity contribution in [2.75, 3.05) is 0 Å². The molecule has 94 valence electrons. The standard InChI is InChI=1S/C11H12Cl3NO2/c1-7(16)15-10(17)11(13,14)9(12)8-5-3-2-4-6-8/h2-6,9-10,17H,1H3,(H,15,16)/t9-,10+/m0/s1. The van der Waals surface area contributed by atoms with Crippen LogP contribution in [-0.4, -0.2) is 21.6 Å². The summed E-state index contributed by atoms with van der Waals surface area (Å²) < 4.78 is -1.71. The molecule has 1 amide bonds. The second-order valence-corrected chi connectivity index (χ2v) is 5.43. The van der Waals surface area contributed by atoms with Crippen LogP contribution in [0.4, 0.5) is 0 Å². The van der Waals surface area contributed by atoms with Gasteiger partial charge in [-0.15, -0.1) is 11.6 Å². The molecule has 2 N–H and O–H groups in total. The van der Waals surface area contributed by atoms with E-state index in [2.05, 4.69) is 5.32 Å². The van der Waals surface area contributed by atoms with Gasteiger partial charge < -0.3 is 10.4 Å². The highest BCUT2D eigenvalue weighted by molar-refractivity contribution is 6.52. The Hall–Kier alpha value is -0.480. The fraction of sp³-hybridized carbons (Fsp3) is 0.364. The van der Waals surface area contributed by atoms with Crippen molar-refractivity contribution >= 4 is 40.7 Å². The smallest absolute Gasteiger partial charge is 0.218 e. The van der Waals surface area contributed by atoms with Crippen LogP contribution < -0.4 is 5.32 Å². The largest absolute Gasteiger partial charge is 0.370 e. The van der Waals surface area contributed by atoms with E-state index in [-0.39, 0.29) is 0 Å². The molecule has 17 heavy (non-hydrogen) atoms. The molecule has 3 nitrogen and oxygen atoms in total. The number of carbonyl (C=O) groups is 1. The monoisotopic (exact) mass is 295 g/mol. The van der Waals surface area contributed by atoms with Crippen LogP contribution in [0.5, 0.6) is 0 Å². The topological polar surface area (TPSA) is 49.3 Å². The lowest BCUT2D eigenvalue weighted by Crippen LogP contribution is -2.47. The Morgan fingerprint density at radius 3 is 2.35 bits per heavy atom. The first kappa shape index (κ1) is 14.6. The number of benzene rings is 1. The summed E-state index contributed by atoms with van der Waals surface area (Å²) in [6.45, 7) is 1.25. The van der Waals surface area contributed by atoms with Crippen LogP contribution in [0.15, 0.2) is 30.3 Å². The van der Waals surface area contributed by atoms with Crippen molar-refractivity contribution in [2.45, 2.75) is 22.9 Å². The third-order valence-corrected chi connectivity index (χ3v) is 3.80. The van der Waals surface area contributed by atoms with Gasteiger partial charge in [0.25, 0.3) is 0 Å². The molecule has 1 aromatic carbocycles. The zero-order chi connectivity index (χ0) is 13.1. The van der Waals surface area contributed by atoms with Gasteiger partial charge in [0.05, 0.1) is 5.38 Å². The lowest BCUT2D eigenvalue weighted by atomic mass is 10.1. The first-order chi connectivity index (χ1) is 7.85. The molecule has 0 aromatic heterocycles. The van der Waals surface area contributed by atoms with Crippen molar-refractivity contribution in [3.63, 3.8) is 0 Å². The molecule has 1 rings (SSSR count). The number of hydrogen-bond acceptors (Lipinski definition) is 2. The molecule has 0 unspecified atom stereocenters. The number of alkyl halides is 3. The summed E-state index contributed by atoms with van der Waals surface area (Å²) >= 11 is 18.1. The van der Waals surface area contributed by atoms with Crippen LogP contribution >= 0.6 is 34.8 Å². The normalized spacial score (nSPS) is 15.1. The number of aliphatic hydroxyl groups excluding tert-OH is 1. The molecule has 0 saturated carbocycles. The fourth-order valence-corrected chi connectivity index (χ4v) is 1.90. The predicted octanol–water partition coefficient (Wildman–Crippen LogP) is 2.59. The van der Waals surface area contributed by atoms with Crippen LogP contribution in [0.1, 0.15) is 17.9 Å². The summed E-state index contributed by atoms with van der Waals surface area (Å²) in [6.07, 6.45) is -1.45. The third kappa shape index (κ3) is 3.75. The highest BCUT2D eigenvalue weighted by Gasteiger charge is 2.42. The second kappa shape index (κ2) is 5.91. The minimum absolute atomic E-state index is 0.444. The summed E-state index contributed by atoms with van der Waals surface area (Å²) in [5.74, 6) is -0.444. The predicted molar refractivity (Wildman–Crippen MR) is 69.3 cm³/mol. The molecule has 0 radical (unpaired) electrons. The fourth-order valence-electron chi connectivity index (χ4n) is 1.27. The van der Waals surface area contributed by atoms with Gasteiger partial charge in [-0.25, -0.2) is 0 Å². The quantitative estimate of drug-likeness (QED) is 0.663. The van der Waals surface area contributed by atoms with E-state index in [0.29, 0.717) is 5.56 Å². The molecule has 2 atom stereocenters. The maximum Gasteiger partial charge on any atom is 0.218 e. The third-order valence-electron chi connectivity index (χ3n) is 2.13. The average Bonchev–Trinajstić information content (AvgIpc) is 2.28. The Labute approximate surface area is 115 Å². The van der Waals surface area contributed by atoms with Gasteiger partial charge in [0.2, 0.25) is 5.91 Å². The molecular weight excluding hydrogens is 284 g/mol. The van der Waals surface area contributed by atoms with Gasteiger partial charge >= 0.3 is 0 Å². The first-order valence-corrected chi connectivity index (χ1v) is 6.07. The van der Waals surface area contributed by atoms with E-state index in [1.807, 2.05) is 6.07 Å². The van der Waals surface area contributed by atoms with E-state index in [1.165, 1.54) is 6.92 Å². The van der Waals surface area contributed by atoms with Gasteiger partial charge in [-0.05, 0) is 5.56 Å². The molecule has 0 aliphatic rings. The lowest BCUT2D eigenvalue weighted by molar-refractivity contribution is -0.122. The van der Waals surface area contributed by atoms with Crippen LogP contribution in [0, 0.1) is 0 Å². The number of nitrogens with one attached hydrogen (secondary N) is 1. The van der Waals surface area contributed by atoms with E-state index >= 15 is 0 Å². The molecular formula is C11H12Cl3NO2. The van der Waals surface area contributed by atoms with Crippen molar-refractivity contribution in [1.29, 1.82) is 0 Å². The van der Waals surface area contributed by atoms with Crippen molar-refractivity contribution in [3.8, 4) is 0 Å². The molecule has 1 aromatic rings. The number of halogens is 3. The zero-order valence-electron chi connectivity index (χ0n) is 9.03. The van der Waals surface area contributed by atoms with Crippen LogP contribution in [0.2, 0.25) is 0 Å². The van der Waals surface area contributed by atoms with Gasteiger partial charge in [0.1, 0.15) is 0 Å². The highest BCUT2D eigenvalue weighted by Crippen LogP contribution is 2.42. The first-order valence-electron chi connectivity index (χ1n) is 4.87. The summed E-state index contributed by atoms with van der Waals surface area (Å²) in [7, 11) is 0.